The number of likely N-dealkylation sites (N-methyl/N-ethyl adjacent to an activating group) is 1. The first-order valence-electron chi connectivity index (χ1n) is 4.29. The molecule has 1 rings (SSSR count). The maximum Gasteiger partial charge on any atom is 0.160 e. The minimum absolute atomic E-state index is 0.249. The van der Waals surface area contributed by atoms with Gasteiger partial charge in [-0.2, -0.15) is 0 Å². The summed E-state index contributed by atoms with van der Waals surface area (Å²) >= 11 is 0. The molecular weight excluding hydrogens is 156 g/mol. The van der Waals surface area contributed by atoms with Crippen LogP contribution in [0.2, 0.25) is 0 Å². The number of rotatable bonds is 4. The first-order valence-corrected chi connectivity index (χ1v) is 4.29. The van der Waals surface area contributed by atoms with Gasteiger partial charge in [0.05, 0.1) is 26.3 Å². The lowest BCUT2D eigenvalue weighted by molar-refractivity contribution is -0.120. The third-order valence-electron chi connectivity index (χ3n) is 1.88. The van der Waals surface area contributed by atoms with Crippen molar-refractivity contribution in [3.05, 3.63) is 0 Å². The number of ether oxygens (including phenoxy) is 1. The van der Waals surface area contributed by atoms with Crippen LogP contribution >= 0.6 is 0 Å². The second-order valence-corrected chi connectivity index (χ2v) is 2.96. The lowest BCUT2D eigenvalue weighted by Gasteiger charge is -2.25. The van der Waals surface area contributed by atoms with Crippen molar-refractivity contribution in [1.29, 1.82) is 0 Å². The highest BCUT2D eigenvalue weighted by atomic mass is 16.5. The van der Waals surface area contributed by atoms with Crippen molar-refractivity contribution in [1.82, 2.24) is 10.2 Å². The molecule has 4 heteroatoms. The normalized spacial score (nSPS) is 19.4. The summed E-state index contributed by atoms with van der Waals surface area (Å²) in [6.07, 6.45) is 0. The van der Waals surface area contributed by atoms with Crippen molar-refractivity contribution in [2.75, 3.05) is 46.4 Å². The highest BCUT2D eigenvalue weighted by Gasteiger charge is 2.12. The van der Waals surface area contributed by atoms with Crippen LogP contribution in [-0.4, -0.2) is 57.1 Å². The number of nitrogens with one attached hydrogen (secondary N) is 1. The average molecular weight is 172 g/mol. The van der Waals surface area contributed by atoms with Gasteiger partial charge in [-0.1, -0.05) is 0 Å². The van der Waals surface area contributed by atoms with Crippen molar-refractivity contribution in [2.45, 2.75) is 0 Å². The highest BCUT2D eigenvalue weighted by molar-refractivity contribution is 5.82. The van der Waals surface area contributed by atoms with E-state index in [-0.39, 0.29) is 5.78 Å². The predicted molar refractivity (Wildman–Crippen MR) is 46.2 cm³/mol. The minimum atomic E-state index is 0.249. The Morgan fingerprint density at radius 3 is 2.75 bits per heavy atom. The van der Waals surface area contributed by atoms with E-state index in [0.29, 0.717) is 13.1 Å². The van der Waals surface area contributed by atoms with Crippen LogP contribution in [0, 0.1) is 0 Å². The summed E-state index contributed by atoms with van der Waals surface area (Å²) in [7, 11) is 1.79. The topological polar surface area (TPSA) is 41.6 Å². The van der Waals surface area contributed by atoms with Crippen LogP contribution in [0.15, 0.2) is 0 Å². The molecule has 1 N–H and O–H groups in total. The Labute approximate surface area is 72.9 Å². The molecule has 0 spiro atoms. The lowest BCUT2D eigenvalue weighted by atomic mass is 10.3. The second kappa shape index (κ2) is 5.24. The third kappa shape index (κ3) is 3.30. The summed E-state index contributed by atoms with van der Waals surface area (Å²) in [4.78, 5) is 13.3. The fourth-order valence-electron chi connectivity index (χ4n) is 1.26. The molecule has 0 saturated carbocycles. The Kier molecular flexibility index (Phi) is 4.21. The molecule has 12 heavy (non-hydrogen) atoms. The Balaban J connectivity index is 2.15. The van der Waals surface area contributed by atoms with Gasteiger partial charge in [-0.3, -0.25) is 9.69 Å². The molecule has 1 fully saturated rings. The van der Waals surface area contributed by atoms with Gasteiger partial charge < -0.3 is 10.1 Å². The van der Waals surface area contributed by atoms with E-state index < -0.39 is 0 Å². The molecular formula is C8H16N2O2. The Hall–Kier alpha value is -0.450. The Morgan fingerprint density at radius 1 is 1.50 bits per heavy atom. The van der Waals surface area contributed by atoms with Crippen molar-refractivity contribution in [3.8, 4) is 0 Å². The zero-order chi connectivity index (χ0) is 8.81. The van der Waals surface area contributed by atoms with E-state index in [1.807, 2.05) is 0 Å². The van der Waals surface area contributed by atoms with Gasteiger partial charge in [0.1, 0.15) is 0 Å². The van der Waals surface area contributed by atoms with Crippen molar-refractivity contribution in [2.24, 2.45) is 0 Å². The standard InChI is InChI=1S/C8H16N2O2/c1-9-6-8(11)7-10-2-4-12-5-3-10/h9H,2-7H2,1H3. The molecule has 0 aromatic heterocycles. The van der Waals surface area contributed by atoms with Crippen LogP contribution in [0.3, 0.4) is 0 Å². The monoisotopic (exact) mass is 172 g/mol. The smallest absolute Gasteiger partial charge is 0.160 e. The van der Waals surface area contributed by atoms with Crippen LogP contribution in [0.5, 0.6) is 0 Å². The summed E-state index contributed by atoms with van der Waals surface area (Å²) < 4.78 is 5.17. The van der Waals surface area contributed by atoms with Crippen LogP contribution in [0.4, 0.5) is 0 Å². The molecule has 0 atom stereocenters. The molecule has 0 aromatic carbocycles. The summed E-state index contributed by atoms with van der Waals surface area (Å²) in [5.41, 5.74) is 0. The van der Waals surface area contributed by atoms with Gasteiger partial charge in [-0.15, -0.1) is 0 Å². The third-order valence-corrected chi connectivity index (χ3v) is 1.88. The van der Waals surface area contributed by atoms with Gasteiger partial charge in [-0.25, -0.2) is 0 Å². The molecule has 0 amide bonds. The first-order chi connectivity index (χ1) is 5.83. The van der Waals surface area contributed by atoms with E-state index in [1.54, 1.807) is 7.05 Å². The van der Waals surface area contributed by atoms with E-state index in [2.05, 4.69) is 10.2 Å². The number of Topliss-reactive ketones (excluding diaryl/α,β-unsaturated/α-hetero) is 1. The van der Waals surface area contributed by atoms with Crippen molar-refractivity contribution < 1.29 is 9.53 Å². The molecule has 0 aliphatic carbocycles. The van der Waals surface area contributed by atoms with Gasteiger partial charge in [0, 0.05) is 13.1 Å². The van der Waals surface area contributed by atoms with Crippen molar-refractivity contribution in [3.63, 3.8) is 0 Å². The molecule has 0 radical (unpaired) electrons. The number of carbonyl (C=O) groups excluding carboxylic acids is 1. The zero-order valence-corrected chi connectivity index (χ0v) is 7.51. The van der Waals surface area contributed by atoms with E-state index in [0.717, 1.165) is 26.3 Å². The minimum Gasteiger partial charge on any atom is -0.379 e. The Morgan fingerprint density at radius 2 is 2.17 bits per heavy atom. The summed E-state index contributed by atoms with van der Waals surface area (Å²) in [5, 5.41) is 2.85. The SMILES string of the molecule is CNCC(=O)CN1CCOCC1. The predicted octanol–water partition coefficient (Wildman–Crippen LogP) is -0.893. The van der Waals surface area contributed by atoms with Crippen LogP contribution in [0.1, 0.15) is 0 Å². The maximum absolute atomic E-state index is 11.2. The van der Waals surface area contributed by atoms with Gasteiger partial charge in [0.2, 0.25) is 0 Å². The molecule has 0 bridgehead atoms. The summed E-state index contributed by atoms with van der Waals surface area (Å²) in [6, 6.07) is 0. The number of hydrogen-bond donors (Lipinski definition) is 1. The molecule has 1 saturated heterocycles. The summed E-state index contributed by atoms with van der Waals surface area (Å²) in [5.74, 6) is 0.249. The van der Waals surface area contributed by atoms with Crippen LogP contribution in [-0.2, 0) is 9.53 Å². The fourth-order valence-corrected chi connectivity index (χ4v) is 1.26. The first kappa shape index (κ1) is 9.64. The van der Waals surface area contributed by atoms with E-state index in [9.17, 15) is 4.79 Å². The zero-order valence-electron chi connectivity index (χ0n) is 7.51. The number of ketones is 1. The number of morpholine rings is 1. The van der Waals surface area contributed by atoms with Crippen LogP contribution < -0.4 is 5.32 Å². The lowest BCUT2D eigenvalue weighted by Crippen LogP contribution is -2.41. The van der Waals surface area contributed by atoms with E-state index in [4.69, 9.17) is 4.74 Å². The maximum atomic E-state index is 11.2. The molecule has 70 valence electrons. The highest BCUT2D eigenvalue weighted by Crippen LogP contribution is 1.95. The number of nitrogens with zero attached hydrogens (tertiary/aromatic N) is 1. The van der Waals surface area contributed by atoms with Crippen LogP contribution in [0.25, 0.3) is 0 Å². The second-order valence-electron chi connectivity index (χ2n) is 2.96. The van der Waals surface area contributed by atoms with E-state index in [1.165, 1.54) is 0 Å². The number of carbonyl (C=O) groups is 1. The van der Waals surface area contributed by atoms with E-state index >= 15 is 0 Å². The summed E-state index contributed by atoms with van der Waals surface area (Å²) in [6.45, 7) is 4.31. The average Bonchev–Trinajstić information content (AvgIpc) is 2.06. The molecule has 1 aliphatic heterocycles. The largest absolute Gasteiger partial charge is 0.379 e. The molecule has 1 aliphatic rings. The van der Waals surface area contributed by atoms with Gasteiger partial charge in [-0.05, 0) is 7.05 Å². The molecule has 0 unspecified atom stereocenters. The van der Waals surface area contributed by atoms with Crippen molar-refractivity contribution >= 4 is 5.78 Å². The van der Waals surface area contributed by atoms with Gasteiger partial charge in [0.15, 0.2) is 5.78 Å². The quantitative estimate of drug-likeness (QED) is 0.597. The van der Waals surface area contributed by atoms with Gasteiger partial charge in [0.25, 0.3) is 0 Å². The molecule has 0 aromatic rings. The molecule has 4 nitrogen and oxygen atoms in total. The fraction of sp³-hybridized carbons (Fsp3) is 0.875. The Bertz CT molecular complexity index is 144. The number of hydrogen-bond acceptors (Lipinski definition) is 4. The molecule has 1 heterocycles. The van der Waals surface area contributed by atoms with Gasteiger partial charge >= 0.3 is 0 Å².